The third-order valence-corrected chi connectivity index (χ3v) is 6.30. The number of amides is 1. The summed E-state index contributed by atoms with van der Waals surface area (Å²) < 4.78 is 1.15. The second kappa shape index (κ2) is 8.57. The van der Waals surface area contributed by atoms with Gasteiger partial charge in [0.2, 0.25) is 5.91 Å². The molecular formula is C23H22N2O3S. The molecule has 1 aliphatic rings. The molecule has 5 nitrogen and oxygen atoms in total. The van der Waals surface area contributed by atoms with Gasteiger partial charge in [-0.25, -0.2) is 4.98 Å². The average Bonchev–Trinajstić information content (AvgIpc) is 3.15. The summed E-state index contributed by atoms with van der Waals surface area (Å²) in [6, 6.07) is 15.6. The number of carbonyl (C=O) groups excluding carboxylic acids is 1. The lowest BCUT2D eigenvalue weighted by molar-refractivity contribution is -0.147. The fraction of sp³-hybridized carbons (Fsp3) is 0.261. The van der Waals surface area contributed by atoms with Gasteiger partial charge in [0.15, 0.2) is 0 Å². The van der Waals surface area contributed by atoms with Gasteiger partial charge in [0.05, 0.1) is 22.1 Å². The minimum Gasteiger partial charge on any atom is -0.481 e. The van der Waals surface area contributed by atoms with Crippen molar-refractivity contribution in [3.63, 3.8) is 0 Å². The van der Waals surface area contributed by atoms with Crippen LogP contribution in [-0.4, -0.2) is 22.0 Å². The molecule has 0 radical (unpaired) electrons. The van der Waals surface area contributed by atoms with E-state index >= 15 is 0 Å². The van der Waals surface area contributed by atoms with Crippen molar-refractivity contribution in [3.8, 4) is 0 Å². The Morgan fingerprint density at radius 2 is 1.83 bits per heavy atom. The van der Waals surface area contributed by atoms with Crippen LogP contribution in [0, 0.1) is 11.8 Å². The van der Waals surface area contributed by atoms with E-state index in [9.17, 15) is 14.7 Å². The van der Waals surface area contributed by atoms with Gasteiger partial charge in [-0.05, 0) is 48.7 Å². The molecule has 2 N–H and O–H groups in total. The topological polar surface area (TPSA) is 79.3 Å². The van der Waals surface area contributed by atoms with E-state index in [1.165, 1.54) is 0 Å². The first-order chi connectivity index (χ1) is 14.1. The fourth-order valence-corrected chi connectivity index (χ4v) is 4.69. The zero-order valence-corrected chi connectivity index (χ0v) is 16.7. The van der Waals surface area contributed by atoms with E-state index < -0.39 is 17.8 Å². The number of aromatic nitrogens is 1. The lowest BCUT2D eigenvalue weighted by atomic mass is 9.78. The molecule has 0 bridgehead atoms. The molecule has 0 saturated heterocycles. The van der Waals surface area contributed by atoms with Gasteiger partial charge in [-0.3, -0.25) is 9.59 Å². The predicted molar refractivity (Wildman–Crippen MR) is 117 cm³/mol. The number of para-hydroxylation sites is 1. The summed E-state index contributed by atoms with van der Waals surface area (Å²) in [6.45, 7) is 0. The van der Waals surface area contributed by atoms with Crippen LogP contribution in [0.4, 0.5) is 5.69 Å². The van der Waals surface area contributed by atoms with Gasteiger partial charge in [-0.1, -0.05) is 43.2 Å². The molecule has 4 rings (SSSR count). The lowest BCUT2D eigenvalue weighted by Gasteiger charge is -2.27. The number of carboxylic acid groups (broad SMARTS) is 1. The SMILES string of the molecule is O=C(O)C1CCCCC1C(=O)Nc1cccc(C=Cc2nc3ccccc3s2)c1. The molecule has 1 heterocycles. The van der Waals surface area contributed by atoms with E-state index in [-0.39, 0.29) is 5.91 Å². The first kappa shape index (κ1) is 19.3. The van der Waals surface area contributed by atoms with Crippen LogP contribution in [0.5, 0.6) is 0 Å². The van der Waals surface area contributed by atoms with Crippen LogP contribution in [0.2, 0.25) is 0 Å². The number of hydrogen-bond acceptors (Lipinski definition) is 4. The number of carboxylic acids is 1. The van der Waals surface area contributed by atoms with Gasteiger partial charge >= 0.3 is 5.97 Å². The molecular weight excluding hydrogens is 384 g/mol. The maximum absolute atomic E-state index is 12.7. The number of carbonyl (C=O) groups is 2. The van der Waals surface area contributed by atoms with Crippen LogP contribution in [-0.2, 0) is 9.59 Å². The molecule has 1 saturated carbocycles. The van der Waals surface area contributed by atoms with Crippen LogP contribution in [0.15, 0.2) is 48.5 Å². The Bertz CT molecular complexity index is 1040. The van der Waals surface area contributed by atoms with Gasteiger partial charge in [-0.15, -0.1) is 11.3 Å². The summed E-state index contributed by atoms with van der Waals surface area (Å²) in [5, 5.41) is 13.2. The maximum Gasteiger partial charge on any atom is 0.307 e. The molecule has 6 heteroatoms. The quantitative estimate of drug-likeness (QED) is 0.603. The molecule has 2 atom stereocenters. The third-order valence-electron chi connectivity index (χ3n) is 5.30. The second-order valence-electron chi connectivity index (χ2n) is 7.30. The number of rotatable bonds is 5. The highest BCUT2D eigenvalue weighted by Gasteiger charge is 2.35. The van der Waals surface area contributed by atoms with E-state index in [1.54, 1.807) is 11.3 Å². The molecule has 1 aromatic heterocycles. The summed E-state index contributed by atoms with van der Waals surface area (Å²) in [4.78, 5) is 28.7. The highest BCUT2D eigenvalue weighted by atomic mass is 32.1. The van der Waals surface area contributed by atoms with Gasteiger partial charge in [0, 0.05) is 5.69 Å². The minimum atomic E-state index is -0.877. The zero-order valence-electron chi connectivity index (χ0n) is 15.9. The van der Waals surface area contributed by atoms with Crippen molar-refractivity contribution >= 4 is 51.3 Å². The smallest absolute Gasteiger partial charge is 0.307 e. The van der Waals surface area contributed by atoms with Crippen molar-refractivity contribution in [3.05, 3.63) is 59.1 Å². The number of thiazole rings is 1. The summed E-state index contributed by atoms with van der Waals surface area (Å²) in [6.07, 6.45) is 6.89. The van der Waals surface area contributed by atoms with Crippen LogP contribution < -0.4 is 5.32 Å². The highest BCUT2D eigenvalue weighted by Crippen LogP contribution is 2.31. The maximum atomic E-state index is 12.7. The Kier molecular flexibility index (Phi) is 5.71. The zero-order chi connectivity index (χ0) is 20.2. The summed E-state index contributed by atoms with van der Waals surface area (Å²) in [5.74, 6) is -2.14. The fourth-order valence-electron chi connectivity index (χ4n) is 3.82. The normalized spacial score (nSPS) is 19.4. The van der Waals surface area contributed by atoms with Crippen molar-refractivity contribution in [1.82, 2.24) is 4.98 Å². The van der Waals surface area contributed by atoms with Crippen molar-refractivity contribution < 1.29 is 14.7 Å². The molecule has 1 amide bonds. The van der Waals surface area contributed by atoms with Crippen LogP contribution >= 0.6 is 11.3 Å². The van der Waals surface area contributed by atoms with Crippen molar-refractivity contribution in [2.24, 2.45) is 11.8 Å². The summed E-state index contributed by atoms with van der Waals surface area (Å²) in [7, 11) is 0. The number of nitrogens with zero attached hydrogens (tertiary/aromatic N) is 1. The Morgan fingerprint density at radius 3 is 2.62 bits per heavy atom. The standard InChI is InChI=1S/C23H22N2O3S/c26-22(17-8-1-2-9-18(17)23(27)28)24-16-7-5-6-15(14-16)12-13-21-25-19-10-3-4-11-20(19)29-21/h3-7,10-14,17-18H,1-2,8-9H2,(H,24,26)(H,27,28). The van der Waals surface area contributed by atoms with Crippen LogP contribution in [0.1, 0.15) is 36.3 Å². The van der Waals surface area contributed by atoms with E-state index in [1.807, 2.05) is 54.6 Å². The Balaban J connectivity index is 1.46. The molecule has 2 aromatic carbocycles. The van der Waals surface area contributed by atoms with Crippen molar-refractivity contribution in [2.45, 2.75) is 25.7 Å². The number of hydrogen-bond donors (Lipinski definition) is 2. The highest BCUT2D eigenvalue weighted by molar-refractivity contribution is 7.19. The monoisotopic (exact) mass is 406 g/mol. The number of anilines is 1. The number of nitrogens with one attached hydrogen (secondary N) is 1. The molecule has 3 aromatic rings. The first-order valence-electron chi connectivity index (χ1n) is 9.77. The largest absolute Gasteiger partial charge is 0.481 e. The van der Waals surface area contributed by atoms with Crippen molar-refractivity contribution in [1.29, 1.82) is 0 Å². The minimum absolute atomic E-state index is 0.204. The molecule has 148 valence electrons. The average molecular weight is 407 g/mol. The van der Waals surface area contributed by atoms with Crippen LogP contribution in [0.3, 0.4) is 0 Å². The molecule has 0 spiro atoms. The Morgan fingerprint density at radius 1 is 1.03 bits per heavy atom. The second-order valence-corrected chi connectivity index (χ2v) is 8.37. The van der Waals surface area contributed by atoms with Crippen LogP contribution in [0.25, 0.3) is 22.4 Å². The van der Waals surface area contributed by atoms with Gasteiger partial charge in [-0.2, -0.15) is 0 Å². The van der Waals surface area contributed by atoms with E-state index in [4.69, 9.17) is 0 Å². The molecule has 29 heavy (non-hydrogen) atoms. The summed E-state index contributed by atoms with van der Waals surface area (Å²) in [5.41, 5.74) is 2.61. The van der Waals surface area contributed by atoms with E-state index in [0.717, 1.165) is 33.6 Å². The van der Waals surface area contributed by atoms with Gasteiger partial charge in [0.25, 0.3) is 0 Å². The molecule has 1 fully saturated rings. The predicted octanol–water partition coefficient (Wildman–Crippen LogP) is 5.30. The Hall–Kier alpha value is -2.99. The number of benzene rings is 2. The first-order valence-corrected chi connectivity index (χ1v) is 10.6. The molecule has 1 aliphatic carbocycles. The van der Waals surface area contributed by atoms with E-state index in [0.29, 0.717) is 18.5 Å². The number of aliphatic carboxylic acids is 1. The third kappa shape index (κ3) is 4.54. The van der Waals surface area contributed by atoms with E-state index in [2.05, 4.69) is 16.4 Å². The lowest BCUT2D eigenvalue weighted by Crippen LogP contribution is -2.36. The van der Waals surface area contributed by atoms with Crippen molar-refractivity contribution in [2.75, 3.05) is 5.32 Å². The number of fused-ring (bicyclic) bond motifs is 1. The molecule has 2 unspecified atom stereocenters. The Labute approximate surface area is 173 Å². The van der Waals surface area contributed by atoms with Gasteiger partial charge in [0.1, 0.15) is 5.01 Å². The van der Waals surface area contributed by atoms with Gasteiger partial charge < -0.3 is 10.4 Å². The summed E-state index contributed by atoms with van der Waals surface area (Å²) >= 11 is 1.63. The molecule has 0 aliphatic heterocycles.